The predicted octanol–water partition coefficient (Wildman–Crippen LogP) is 0.859. The second kappa shape index (κ2) is 5.03. The molecule has 3 aliphatic heterocycles. The SMILES string of the molecule is C1CNC(C(C2CCCN2)C2CCCN2)C1. The summed E-state index contributed by atoms with van der Waals surface area (Å²) in [5, 5.41) is 11.2. The quantitative estimate of drug-likeness (QED) is 0.664. The van der Waals surface area contributed by atoms with Crippen molar-refractivity contribution in [2.45, 2.75) is 56.7 Å². The number of rotatable bonds is 3. The number of hydrogen-bond donors (Lipinski definition) is 3. The van der Waals surface area contributed by atoms with Crippen LogP contribution < -0.4 is 16.0 Å². The van der Waals surface area contributed by atoms with Crippen LogP contribution in [0.3, 0.4) is 0 Å². The zero-order valence-corrected chi connectivity index (χ0v) is 10.2. The smallest absolute Gasteiger partial charge is 0.0126 e. The fourth-order valence-electron chi connectivity index (χ4n) is 3.96. The zero-order chi connectivity index (χ0) is 10.8. The highest BCUT2D eigenvalue weighted by Crippen LogP contribution is 2.29. The van der Waals surface area contributed by atoms with Crippen molar-refractivity contribution in [1.82, 2.24) is 16.0 Å². The van der Waals surface area contributed by atoms with Gasteiger partial charge in [0.05, 0.1) is 0 Å². The zero-order valence-electron chi connectivity index (χ0n) is 10.2. The third-order valence-corrected chi connectivity index (χ3v) is 4.69. The normalized spacial score (nSPS) is 41.6. The van der Waals surface area contributed by atoms with E-state index in [-0.39, 0.29) is 0 Å². The first-order chi connectivity index (χ1) is 7.95. The van der Waals surface area contributed by atoms with Crippen LogP contribution in [0.2, 0.25) is 0 Å². The van der Waals surface area contributed by atoms with Gasteiger partial charge in [0.15, 0.2) is 0 Å². The van der Waals surface area contributed by atoms with Crippen LogP contribution in [0.1, 0.15) is 38.5 Å². The maximum atomic E-state index is 3.73. The summed E-state index contributed by atoms with van der Waals surface area (Å²) in [7, 11) is 0. The Morgan fingerprint density at radius 1 is 0.625 bits per heavy atom. The second-order valence-corrected chi connectivity index (χ2v) is 5.69. The van der Waals surface area contributed by atoms with Crippen LogP contribution in [0.15, 0.2) is 0 Å². The molecular weight excluding hydrogens is 198 g/mol. The molecule has 0 aromatic carbocycles. The van der Waals surface area contributed by atoms with Crippen LogP contribution in [0.4, 0.5) is 0 Å². The Morgan fingerprint density at radius 2 is 1.00 bits per heavy atom. The molecule has 3 unspecified atom stereocenters. The van der Waals surface area contributed by atoms with Crippen molar-refractivity contribution in [3.8, 4) is 0 Å². The summed E-state index contributed by atoms with van der Waals surface area (Å²) < 4.78 is 0. The Kier molecular flexibility index (Phi) is 3.46. The van der Waals surface area contributed by atoms with Crippen molar-refractivity contribution < 1.29 is 0 Å². The molecule has 0 aliphatic carbocycles. The van der Waals surface area contributed by atoms with Crippen molar-refractivity contribution >= 4 is 0 Å². The van der Waals surface area contributed by atoms with Gasteiger partial charge < -0.3 is 16.0 Å². The van der Waals surface area contributed by atoms with Crippen molar-refractivity contribution in [3.05, 3.63) is 0 Å². The molecule has 0 spiro atoms. The van der Waals surface area contributed by atoms with Gasteiger partial charge in [-0.05, 0) is 58.2 Å². The van der Waals surface area contributed by atoms with Crippen LogP contribution in [-0.4, -0.2) is 37.8 Å². The van der Waals surface area contributed by atoms with E-state index in [1.807, 2.05) is 0 Å². The molecule has 0 saturated carbocycles. The van der Waals surface area contributed by atoms with Crippen molar-refractivity contribution in [2.24, 2.45) is 5.92 Å². The van der Waals surface area contributed by atoms with Gasteiger partial charge in [0.2, 0.25) is 0 Å². The summed E-state index contributed by atoms with van der Waals surface area (Å²) in [6, 6.07) is 2.31. The lowest BCUT2D eigenvalue weighted by atomic mass is 9.82. The average molecular weight is 223 g/mol. The summed E-state index contributed by atoms with van der Waals surface area (Å²) in [4.78, 5) is 0. The molecule has 3 nitrogen and oxygen atoms in total. The first-order valence-corrected chi connectivity index (χ1v) is 7.15. The Morgan fingerprint density at radius 3 is 1.25 bits per heavy atom. The molecule has 3 N–H and O–H groups in total. The fraction of sp³-hybridized carbons (Fsp3) is 1.00. The van der Waals surface area contributed by atoms with Crippen molar-refractivity contribution in [2.75, 3.05) is 19.6 Å². The van der Waals surface area contributed by atoms with E-state index in [9.17, 15) is 0 Å². The molecule has 16 heavy (non-hydrogen) atoms. The van der Waals surface area contributed by atoms with Gasteiger partial charge in [-0.15, -0.1) is 0 Å². The van der Waals surface area contributed by atoms with Crippen LogP contribution in [0.25, 0.3) is 0 Å². The van der Waals surface area contributed by atoms with Crippen LogP contribution in [0.5, 0.6) is 0 Å². The minimum absolute atomic E-state index is 0.770. The van der Waals surface area contributed by atoms with Gasteiger partial charge in [-0.25, -0.2) is 0 Å². The lowest BCUT2D eigenvalue weighted by molar-refractivity contribution is 0.243. The maximum Gasteiger partial charge on any atom is 0.0126 e. The minimum Gasteiger partial charge on any atom is -0.314 e. The van der Waals surface area contributed by atoms with Gasteiger partial charge in [0.1, 0.15) is 0 Å². The monoisotopic (exact) mass is 223 g/mol. The standard InChI is InChI=1S/C13H25N3/c1-4-10(14-7-1)13(11-5-2-8-15-11)12-6-3-9-16-12/h10-16H,1-9H2. The molecule has 3 atom stereocenters. The lowest BCUT2D eigenvalue weighted by Gasteiger charge is -2.34. The van der Waals surface area contributed by atoms with Crippen LogP contribution in [-0.2, 0) is 0 Å². The van der Waals surface area contributed by atoms with E-state index in [2.05, 4.69) is 16.0 Å². The van der Waals surface area contributed by atoms with E-state index in [0.29, 0.717) is 0 Å². The molecule has 0 amide bonds. The van der Waals surface area contributed by atoms with E-state index < -0.39 is 0 Å². The van der Waals surface area contributed by atoms with Gasteiger partial charge in [-0.3, -0.25) is 0 Å². The summed E-state index contributed by atoms with van der Waals surface area (Å²) >= 11 is 0. The molecule has 3 rings (SSSR count). The Balaban J connectivity index is 1.70. The van der Waals surface area contributed by atoms with Crippen LogP contribution >= 0.6 is 0 Å². The molecule has 3 fully saturated rings. The molecule has 0 bridgehead atoms. The summed E-state index contributed by atoms with van der Waals surface area (Å²) in [6.07, 6.45) is 8.30. The van der Waals surface area contributed by atoms with Crippen molar-refractivity contribution in [1.29, 1.82) is 0 Å². The highest BCUT2D eigenvalue weighted by Gasteiger charge is 2.38. The van der Waals surface area contributed by atoms with Crippen LogP contribution in [0, 0.1) is 5.92 Å². The van der Waals surface area contributed by atoms with E-state index in [1.54, 1.807) is 0 Å². The highest BCUT2D eigenvalue weighted by molar-refractivity contribution is 4.98. The molecule has 3 aliphatic rings. The fourth-order valence-corrected chi connectivity index (χ4v) is 3.96. The van der Waals surface area contributed by atoms with Crippen molar-refractivity contribution in [3.63, 3.8) is 0 Å². The molecule has 3 heterocycles. The first-order valence-electron chi connectivity index (χ1n) is 7.15. The minimum atomic E-state index is 0.770. The molecule has 92 valence electrons. The van der Waals surface area contributed by atoms with Gasteiger partial charge in [0, 0.05) is 24.0 Å². The van der Waals surface area contributed by atoms with E-state index >= 15 is 0 Å². The van der Waals surface area contributed by atoms with E-state index in [4.69, 9.17) is 0 Å². The molecule has 3 heteroatoms. The largest absolute Gasteiger partial charge is 0.314 e. The Bertz CT molecular complexity index is 175. The molecule has 3 saturated heterocycles. The third kappa shape index (κ3) is 2.13. The van der Waals surface area contributed by atoms with Gasteiger partial charge in [-0.1, -0.05) is 0 Å². The predicted molar refractivity (Wildman–Crippen MR) is 66.6 cm³/mol. The first kappa shape index (κ1) is 11.0. The maximum absolute atomic E-state index is 3.73. The second-order valence-electron chi connectivity index (χ2n) is 5.69. The topological polar surface area (TPSA) is 36.1 Å². The lowest BCUT2D eigenvalue weighted by Crippen LogP contribution is -2.51. The average Bonchev–Trinajstić information content (AvgIpc) is 3.02. The van der Waals surface area contributed by atoms with E-state index in [0.717, 1.165) is 24.0 Å². The third-order valence-electron chi connectivity index (χ3n) is 4.69. The Labute approximate surface area is 98.8 Å². The highest BCUT2D eigenvalue weighted by atomic mass is 15.1. The molecule has 0 aromatic rings. The summed E-state index contributed by atoms with van der Waals surface area (Å²) in [5.74, 6) is 0.826. The number of hydrogen-bond acceptors (Lipinski definition) is 3. The van der Waals surface area contributed by atoms with E-state index in [1.165, 1.54) is 58.2 Å². The summed E-state index contributed by atoms with van der Waals surface area (Å²) in [5.41, 5.74) is 0. The Hall–Kier alpha value is -0.120. The number of nitrogens with one attached hydrogen (secondary N) is 3. The van der Waals surface area contributed by atoms with Gasteiger partial charge in [-0.2, -0.15) is 0 Å². The molecule has 0 radical (unpaired) electrons. The van der Waals surface area contributed by atoms with Gasteiger partial charge in [0.25, 0.3) is 0 Å². The summed E-state index contributed by atoms with van der Waals surface area (Å²) in [6.45, 7) is 3.71. The van der Waals surface area contributed by atoms with Gasteiger partial charge >= 0.3 is 0 Å². The molecule has 0 aromatic heterocycles. The molecular formula is C13H25N3.